The van der Waals surface area contributed by atoms with E-state index in [1.807, 2.05) is 34.6 Å². The Kier molecular flexibility index (Phi) is 18.4. The van der Waals surface area contributed by atoms with Gasteiger partial charge in [-0.25, -0.2) is 0 Å². The SMILES string of the molecule is CC.CC.CC(=O)[C@H](C(O)[C@H](C)CCO)N(C)C. The van der Waals surface area contributed by atoms with Crippen LogP contribution in [0.4, 0.5) is 0 Å². The first-order valence-corrected chi connectivity index (χ1v) is 6.87. The van der Waals surface area contributed by atoms with Crippen molar-refractivity contribution in [2.45, 2.75) is 60.1 Å². The number of aliphatic hydroxyl groups is 2. The Morgan fingerprint density at radius 1 is 1.17 bits per heavy atom. The topological polar surface area (TPSA) is 60.8 Å². The molecular weight excluding hydrogens is 230 g/mol. The summed E-state index contributed by atoms with van der Waals surface area (Å²) >= 11 is 0. The molecule has 0 saturated heterocycles. The molecule has 112 valence electrons. The summed E-state index contributed by atoms with van der Waals surface area (Å²) in [6.07, 6.45) is -0.201. The average Bonchev–Trinajstić information content (AvgIpc) is 2.33. The van der Waals surface area contributed by atoms with Crippen molar-refractivity contribution in [2.75, 3.05) is 20.7 Å². The summed E-state index contributed by atoms with van der Waals surface area (Å²) in [6.45, 7) is 11.3. The van der Waals surface area contributed by atoms with E-state index < -0.39 is 12.1 Å². The monoisotopic (exact) mass is 263 g/mol. The summed E-state index contributed by atoms with van der Waals surface area (Å²) in [5.41, 5.74) is 0. The van der Waals surface area contributed by atoms with Gasteiger partial charge in [0.25, 0.3) is 0 Å². The zero-order valence-corrected chi connectivity index (χ0v) is 13.4. The summed E-state index contributed by atoms with van der Waals surface area (Å²) in [5, 5.41) is 18.6. The second kappa shape index (κ2) is 14.6. The summed E-state index contributed by atoms with van der Waals surface area (Å²) in [7, 11) is 3.53. The lowest BCUT2D eigenvalue weighted by molar-refractivity contribution is -0.126. The lowest BCUT2D eigenvalue weighted by Crippen LogP contribution is -2.47. The van der Waals surface area contributed by atoms with Gasteiger partial charge in [-0.05, 0) is 33.4 Å². The molecule has 0 radical (unpaired) electrons. The molecule has 4 nitrogen and oxygen atoms in total. The van der Waals surface area contributed by atoms with Crippen LogP contribution in [0.15, 0.2) is 0 Å². The van der Waals surface area contributed by atoms with Gasteiger partial charge in [-0.2, -0.15) is 0 Å². The maximum Gasteiger partial charge on any atom is 0.149 e. The van der Waals surface area contributed by atoms with E-state index in [4.69, 9.17) is 5.11 Å². The van der Waals surface area contributed by atoms with Gasteiger partial charge in [-0.3, -0.25) is 9.69 Å². The first kappa shape index (κ1) is 22.7. The number of nitrogens with zero attached hydrogens (tertiary/aromatic N) is 1. The Bertz CT molecular complexity index is 184. The van der Waals surface area contributed by atoms with E-state index in [2.05, 4.69) is 0 Å². The number of hydrogen-bond donors (Lipinski definition) is 2. The third kappa shape index (κ3) is 9.57. The fraction of sp³-hybridized carbons (Fsp3) is 0.929. The van der Waals surface area contributed by atoms with Crippen molar-refractivity contribution in [3.8, 4) is 0 Å². The van der Waals surface area contributed by atoms with Gasteiger partial charge in [0.05, 0.1) is 12.1 Å². The first-order valence-electron chi connectivity index (χ1n) is 6.87. The molecule has 0 spiro atoms. The van der Waals surface area contributed by atoms with Gasteiger partial charge >= 0.3 is 0 Å². The summed E-state index contributed by atoms with van der Waals surface area (Å²) in [5.74, 6) is -0.122. The molecule has 0 aliphatic heterocycles. The number of aliphatic hydroxyl groups excluding tert-OH is 2. The van der Waals surface area contributed by atoms with Crippen LogP contribution in [0.1, 0.15) is 48.0 Å². The summed E-state index contributed by atoms with van der Waals surface area (Å²) in [6, 6.07) is -0.475. The molecule has 0 heterocycles. The lowest BCUT2D eigenvalue weighted by Gasteiger charge is -2.30. The minimum absolute atomic E-state index is 0.0380. The molecule has 0 aliphatic carbocycles. The van der Waals surface area contributed by atoms with Crippen molar-refractivity contribution >= 4 is 5.78 Å². The largest absolute Gasteiger partial charge is 0.396 e. The Morgan fingerprint density at radius 3 is 1.78 bits per heavy atom. The highest BCUT2D eigenvalue weighted by Gasteiger charge is 2.29. The van der Waals surface area contributed by atoms with Crippen LogP contribution in [0.3, 0.4) is 0 Å². The molecule has 18 heavy (non-hydrogen) atoms. The van der Waals surface area contributed by atoms with E-state index in [9.17, 15) is 9.90 Å². The molecule has 0 aromatic heterocycles. The molecule has 4 heteroatoms. The maximum absolute atomic E-state index is 11.3. The predicted octanol–water partition coefficient (Wildman–Crippen LogP) is 1.94. The van der Waals surface area contributed by atoms with Crippen LogP contribution in [0.5, 0.6) is 0 Å². The van der Waals surface area contributed by atoms with E-state index in [1.54, 1.807) is 19.0 Å². The number of carbonyl (C=O) groups is 1. The second-order valence-electron chi connectivity index (χ2n) is 4.00. The maximum atomic E-state index is 11.3. The van der Waals surface area contributed by atoms with Gasteiger partial charge < -0.3 is 10.2 Å². The van der Waals surface area contributed by atoms with Crippen LogP contribution < -0.4 is 0 Å². The third-order valence-corrected chi connectivity index (χ3v) is 2.46. The number of ketones is 1. The molecule has 0 rings (SSSR count). The van der Waals surface area contributed by atoms with Gasteiger partial charge in [0.15, 0.2) is 0 Å². The molecule has 3 atom stereocenters. The third-order valence-electron chi connectivity index (χ3n) is 2.46. The molecule has 0 aromatic carbocycles. The molecule has 1 unspecified atom stereocenters. The lowest BCUT2D eigenvalue weighted by atomic mass is 9.92. The normalized spacial score (nSPS) is 14.6. The molecule has 0 aromatic rings. The quantitative estimate of drug-likeness (QED) is 0.769. The molecule has 0 aliphatic rings. The highest BCUT2D eigenvalue weighted by atomic mass is 16.3. The Morgan fingerprint density at radius 2 is 1.56 bits per heavy atom. The zero-order chi connectivity index (χ0) is 15.3. The standard InChI is InChI=1S/C10H21NO3.2C2H6/c1-7(5-6-12)10(14)9(8(2)13)11(3)4;2*1-2/h7,9-10,12,14H,5-6H2,1-4H3;2*1-2H3/t7-,9-,10?;;/m1../s1. The van der Waals surface area contributed by atoms with Gasteiger partial charge in [-0.15, -0.1) is 0 Å². The molecule has 0 saturated carbocycles. The molecule has 2 N–H and O–H groups in total. The molecule has 0 amide bonds. The highest BCUT2D eigenvalue weighted by molar-refractivity contribution is 5.82. The van der Waals surface area contributed by atoms with Gasteiger partial charge in [0.1, 0.15) is 5.78 Å². The van der Waals surface area contributed by atoms with Crippen molar-refractivity contribution in [1.82, 2.24) is 4.90 Å². The van der Waals surface area contributed by atoms with E-state index in [0.29, 0.717) is 6.42 Å². The average molecular weight is 263 g/mol. The minimum Gasteiger partial charge on any atom is -0.396 e. The fourth-order valence-electron chi connectivity index (χ4n) is 1.60. The van der Waals surface area contributed by atoms with Crippen molar-refractivity contribution in [3.05, 3.63) is 0 Å². The molecule has 0 bridgehead atoms. The van der Waals surface area contributed by atoms with Crippen molar-refractivity contribution < 1.29 is 15.0 Å². The van der Waals surface area contributed by atoms with E-state index in [1.165, 1.54) is 6.92 Å². The van der Waals surface area contributed by atoms with Crippen LogP contribution in [0, 0.1) is 5.92 Å². The summed E-state index contributed by atoms with van der Waals surface area (Å²) in [4.78, 5) is 13.0. The summed E-state index contributed by atoms with van der Waals surface area (Å²) < 4.78 is 0. The highest BCUT2D eigenvalue weighted by Crippen LogP contribution is 2.14. The predicted molar refractivity (Wildman–Crippen MR) is 77.7 cm³/mol. The van der Waals surface area contributed by atoms with Crippen LogP contribution in [0.25, 0.3) is 0 Å². The zero-order valence-electron chi connectivity index (χ0n) is 13.4. The van der Waals surface area contributed by atoms with Crippen LogP contribution in [-0.4, -0.2) is 53.7 Å². The smallest absolute Gasteiger partial charge is 0.149 e. The number of hydrogen-bond acceptors (Lipinski definition) is 4. The number of carbonyl (C=O) groups excluding carboxylic acids is 1. The van der Waals surface area contributed by atoms with Crippen molar-refractivity contribution in [2.24, 2.45) is 5.92 Å². The fourth-order valence-corrected chi connectivity index (χ4v) is 1.60. The number of rotatable bonds is 6. The van der Waals surface area contributed by atoms with Crippen molar-refractivity contribution in [1.29, 1.82) is 0 Å². The number of Topliss-reactive ketones (excluding diaryl/α,β-unsaturated/α-hetero) is 1. The van der Waals surface area contributed by atoms with Gasteiger partial charge in [0, 0.05) is 6.61 Å². The molecule has 0 fully saturated rings. The van der Waals surface area contributed by atoms with Crippen LogP contribution in [-0.2, 0) is 4.79 Å². The van der Waals surface area contributed by atoms with Crippen molar-refractivity contribution in [3.63, 3.8) is 0 Å². The van der Waals surface area contributed by atoms with E-state index >= 15 is 0 Å². The Hall–Kier alpha value is -0.450. The second-order valence-corrected chi connectivity index (χ2v) is 4.00. The Balaban J connectivity index is -0.000000506. The Labute approximate surface area is 113 Å². The van der Waals surface area contributed by atoms with Gasteiger partial charge in [-0.1, -0.05) is 34.6 Å². The van der Waals surface area contributed by atoms with Crippen LogP contribution >= 0.6 is 0 Å². The molecular formula is C14H33NO3. The minimum atomic E-state index is -0.713. The van der Waals surface area contributed by atoms with Gasteiger partial charge in [0.2, 0.25) is 0 Å². The first-order chi connectivity index (χ1) is 8.41. The van der Waals surface area contributed by atoms with Crippen LogP contribution in [0.2, 0.25) is 0 Å². The number of likely N-dealkylation sites (N-methyl/N-ethyl adjacent to an activating group) is 1. The van der Waals surface area contributed by atoms with E-state index in [0.717, 1.165) is 0 Å². The van der Waals surface area contributed by atoms with E-state index in [-0.39, 0.29) is 18.3 Å².